The van der Waals surface area contributed by atoms with Crippen LogP contribution < -0.4 is 10.6 Å². The van der Waals surface area contributed by atoms with Crippen molar-refractivity contribution in [3.63, 3.8) is 0 Å². The largest absolute Gasteiger partial charge is 0.324 e. The third kappa shape index (κ3) is 3.72. The van der Waals surface area contributed by atoms with Crippen molar-refractivity contribution in [3.8, 4) is 0 Å². The Morgan fingerprint density at radius 3 is 2.47 bits per heavy atom. The number of carbonyl (C=O) groups is 1. The monoisotopic (exact) mass is 278 g/mol. The fraction of sp³-hybridized carbons (Fsp3) is 0.231. The van der Waals surface area contributed by atoms with Crippen LogP contribution in [0.2, 0.25) is 5.02 Å². The van der Waals surface area contributed by atoms with Crippen LogP contribution in [0.15, 0.2) is 36.5 Å². The van der Waals surface area contributed by atoms with Gasteiger partial charge in [0.05, 0.1) is 0 Å². The number of hydrogen-bond acceptors (Lipinski definition) is 2. The van der Waals surface area contributed by atoms with Crippen LogP contribution >= 0.6 is 11.6 Å². The Hall–Kier alpha value is -2.01. The van der Waals surface area contributed by atoms with Gasteiger partial charge in [-0.25, -0.2) is 4.79 Å². The molecule has 0 atom stereocenters. The van der Waals surface area contributed by atoms with E-state index >= 15 is 0 Å². The van der Waals surface area contributed by atoms with Crippen molar-refractivity contribution in [2.24, 2.45) is 0 Å². The van der Waals surface area contributed by atoms with E-state index in [1.165, 1.54) is 0 Å². The Labute approximate surface area is 116 Å². The highest BCUT2D eigenvalue weighted by Crippen LogP contribution is 2.14. The molecular weight excluding hydrogens is 264 g/mol. The minimum Gasteiger partial charge on any atom is -0.308 e. The predicted molar refractivity (Wildman–Crippen MR) is 76.7 cm³/mol. The minimum atomic E-state index is -0.337. The van der Waals surface area contributed by atoms with E-state index in [-0.39, 0.29) is 12.1 Å². The number of aromatic nitrogens is 2. The van der Waals surface area contributed by atoms with Crippen LogP contribution in [0.1, 0.15) is 19.9 Å². The van der Waals surface area contributed by atoms with E-state index < -0.39 is 0 Å². The van der Waals surface area contributed by atoms with E-state index in [1.807, 2.05) is 20.0 Å². The van der Waals surface area contributed by atoms with Gasteiger partial charge in [0.1, 0.15) is 0 Å². The first-order valence-corrected chi connectivity index (χ1v) is 6.31. The lowest BCUT2D eigenvalue weighted by atomic mass is 10.3. The van der Waals surface area contributed by atoms with Crippen molar-refractivity contribution < 1.29 is 4.79 Å². The number of nitrogens with one attached hydrogen (secondary N) is 2. The summed E-state index contributed by atoms with van der Waals surface area (Å²) in [5.41, 5.74) is 0.671. The molecule has 6 heteroatoms. The number of amides is 2. The van der Waals surface area contributed by atoms with Crippen LogP contribution in [-0.4, -0.2) is 15.8 Å². The molecule has 0 fully saturated rings. The summed E-state index contributed by atoms with van der Waals surface area (Å²) < 4.78 is 1.78. The number of carbonyl (C=O) groups excluding carboxylic acids is 1. The van der Waals surface area contributed by atoms with Gasteiger partial charge in [0.15, 0.2) is 5.82 Å². The number of rotatable bonds is 3. The summed E-state index contributed by atoms with van der Waals surface area (Å²) in [6.45, 7) is 4.04. The molecule has 1 heterocycles. The molecule has 0 spiro atoms. The quantitative estimate of drug-likeness (QED) is 0.898. The molecular formula is C13H15ClN4O. The fourth-order valence-corrected chi connectivity index (χ4v) is 1.63. The molecule has 0 aliphatic heterocycles. The van der Waals surface area contributed by atoms with Gasteiger partial charge < -0.3 is 5.32 Å². The zero-order valence-electron chi connectivity index (χ0n) is 10.7. The first-order chi connectivity index (χ1) is 9.04. The zero-order valence-corrected chi connectivity index (χ0v) is 11.5. The van der Waals surface area contributed by atoms with E-state index in [2.05, 4.69) is 15.7 Å². The average molecular weight is 279 g/mol. The van der Waals surface area contributed by atoms with Crippen molar-refractivity contribution in [1.29, 1.82) is 0 Å². The maximum absolute atomic E-state index is 11.7. The van der Waals surface area contributed by atoms with Crippen LogP contribution in [-0.2, 0) is 0 Å². The lowest BCUT2D eigenvalue weighted by Crippen LogP contribution is -2.19. The highest BCUT2D eigenvalue weighted by Gasteiger charge is 2.06. The lowest BCUT2D eigenvalue weighted by molar-refractivity contribution is 0.262. The minimum absolute atomic E-state index is 0.259. The topological polar surface area (TPSA) is 59.0 Å². The Kier molecular flexibility index (Phi) is 4.06. The van der Waals surface area contributed by atoms with Crippen LogP contribution in [0.4, 0.5) is 16.3 Å². The van der Waals surface area contributed by atoms with Gasteiger partial charge in [0, 0.05) is 29.0 Å². The molecule has 0 saturated carbocycles. The maximum Gasteiger partial charge on any atom is 0.324 e. The third-order valence-electron chi connectivity index (χ3n) is 2.48. The summed E-state index contributed by atoms with van der Waals surface area (Å²) in [5.74, 6) is 0.514. The van der Waals surface area contributed by atoms with Gasteiger partial charge in [-0.3, -0.25) is 10.00 Å². The number of hydrogen-bond donors (Lipinski definition) is 2. The van der Waals surface area contributed by atoms with Crippen LogP contribution in [0.5, 0.6) is 0 Å². The molecule has 2 aromatic rings. The van der Waals surface area contributed by atoms with Crippen LogP contribution in [0.25, 0.3) is 0 Å². The summed E-state index contributed by atoms with van der Waals surface area (Å²) in [5, 5.41) is 10.2. The molecule has 2 N–H and O–H groups in total. The van der Waals surface area contributed by atoms with Crippen molar-refractivity contribution >= 4 is 29.1 Å². The van der Waals surface area contributed by atoms with Crippen LogP contribution in [0.3, 0.4) is 0 Å². The van der Waals surface area contributed by atoms with E-state index in [1.54, 1.807) is 35.0 Å². The predicted octanol–water partition coefficient (Wildman–Crippen LogP) is 3.76. The first kappa shape index (κ1) is 13.4. The SMILES string of the molecule is CC(C)n1ccc(NC(=O)Nc2ccc(Cl)cc2)n1. The Bertz CT molecular complexity index is 562. The van der Waals surface area contributed by atoms with Crippen LogP contribution in [0, 0.1) is 0 Å². The van der Waals surface area contributed by atoms with E-state index in [9.17, 15) is 4.79 Å². The highest BCUT2D eigenvalue weighted by atomic mass is 35.5. The molecule has 0 aliphatic rings. The van der Waals surface area contributed by atoms with E-state index in [4.69, 9.17) is 11.6 Å². The molecule has 0 radical (unpaired) electrons. The Balaban J connectivity index is 1.95. The molecule has 2 amide bonds. The van der Waals surface area contributed by atoms with Crippen molar-refractivity contribution in [2.75, 3.05) is 10.6 Å². The molecule has 100 valence electrons. The first-order valence-electron chi connectivity index (χ1n) is 5.93. The average Bonchev–Trinajstić information content (AvgIpc) is 2.80. The second-order valence-corrected chi connectivity index (χ2v) is 4.80. The maximum atomic E-state index is 11.7. The van der Waals surface area contributed by atoms with Crippen molar-refractivity contribution in [3.05, 3.63) is 41.6 Å². The molecule has 1 aromatic heterocycles. The Morgan fingerprint density at radius 1 is 1.21 bits per heavy atom. The van der Waals surface area contributed by atoms with Crippen molar-refractivity contribution in [2.45, 2.75) is 19.9 Å². The third-order valence-corrected chi connectivity index (χ3v) is 2.73. The zero-order chi connectivity index (χ0) is 13.8. The number of urea groups is 1. The molecule has 0 bridgehead atoms. The number of benzene rings is 1. The number of nitrogens with zero attached hydrogens (tertiary/aromatic N) is 2. The smallest absolute Gasteiger partial charge is 0.308 e. The second-order valence-electron chi connectivity index (χ2n) is 4.36. The number of halogens is 1. The summed E-state index contributed by atoms with van der Waals surface area (Å²) in [6.07, 6.45) is 1.82. The van der Waals surface area contributed by atoms with Gasteiger partial charge >= 0.3 is 6.03 Å². The van der Waals surface area contributed by atoms with Gasteiger partial charge in [-0.15, -0.1) is 0 Å². The fourth-order valence-electron chi connectivity index (χ4n) is 1.50. The number of anilines is 2. The summed E-state index contributed by atoms with van der Waals surface area (Å²) in [6, 6.07) is 8.56. The standard InChI is InChI=1S/C13H15ClN4O/c1-9(2)18-8-7-12(17-18)16-13(19)15-11-5-3-10(14)4-6-11/h3-9H,1-2H3,(H2,15,16,17,19). The molecule has 0 saturated heterocycles. The molecule has 0 unspecified atom stereocenters. The van der Waals surface area contributed by atoms with Gasteiger partial charge in [0.25, 0.3) is 0 Å². The highest BCUT2D eigenvalue weighted by molar-refractivity contribution is 6.30. The van der Waals surface area contributed by atoms with Gasteiger partial charge in [-0.1, -0.05) is 11.6 Å². The van der Waals surface area contributed by atoms with E-state index in [0.29, 0.717) is 16.5 Å². The molecule has 19 heavy (non-hydrogen) atoms. The molecule has 1 aromatic carbocycles. The second kappa shape index (κ2) is 5.75. The summed E-state index contributed by atoms with van der Waals surface area (Å²) in [4.78, 5) is 11.7. The summed E-state index contributed by atoms with van der Waals surface area (Å²) in [7, 11) is 0. The van der Waals surface area contributed by atoms with Gasteiger partial charge in [-0.2, -0.15) is 5.10 Å². The van der Waals surface area contributed by atoms with Gasteiger partial charge in [0.2, 0.25) is 0 Å². The van der Waals surface area contributed by atoms with E-state index in [0.717, 1.165) is 0 Å². The van der Waals surface area contributed by atoms with Crippen molar-refractivity contribution in [1.82, 2.24) is 9.78 Å². The molecule has 5 nitrogen and oxygen atoms in total. The normalized spacial score (nSPS) is 10.5. The Morgan fingerprint density at radius 2 is 1.89 bits per heavy atom. The lowest BCUT2D eigenvalue weighted by Gasteiger charge is -2.06. The van der Waals surface area contributed by atoms with Gasteiger partial charge in [-0.05, 0) is 38.1 Å². The molecule has 2 rings (SSSR count). The molecule has 0 aliphatic carbocycles. The summed E-state index contributed by atoms with van der Waals surface area (Å²) >= 11 is 5.77.